The lowest BCUT2D eigenvalue weighted by atomic mass is 10.0. The number of benzene rings is 1. The van der Waals surface area contributed by atoms with Crippen LogP contribution in [0.25, 0.3) is 21.3 Å². The van der Waals surface area contributed by atoms with Gasteiger partial charge in [0.25, 0.3) is 0 Å². The van der Waals surface area contributed by atoms with Crippen LogP contribution in [0.2, 0.25) is 0 Å². The minimum absolute atomic E-state index is 0.216. The summed E-state index contributed by atoms with van der Waals surface area (Å²) in [6.07, 6.45) is 2.26. The fourth-order valence-corrected chi connectivity index (χ4v) is 5.06. The highest BCUT2D eigenvalue weighted by atomic mass is 32.1. The topological polar surface area (TPSA) is 32.3 Å². The molecule has 0 radical (unpaired) electrons. The molecule has 0 saturated carbocycles. The molecule has 6 heteroatoms. The van der Waals surface area contributed by atoms with Crippen LogP contribution in [0.1, 0.15) is 23.5 Å². The van der Waals surface area contributed by atoms with Gasteiger partial charge in [-0.05, 0) is 64.5 Å². The van der Waals surface area contributed by atoms with Crippen molar-refractivity contribution in [3.05, 3.63) is 40.8 Å². The Morgan fingerprint density at radius 1 is 1.11 bits per heavy atom. The van der Waals surface area contributed by atoms with Crippen LogP contribution in [0.15, 0.2) is 24.3 Å². The van der Waals surface area contributed by atoms with E-state index in [1.165, 1.54) is 17.0 Å². The van der Waals surface area contributed by atoms with Crippen LogP contribution < -0.4 is 4.90 Å². The summed E-state index contributed by atoms with van der Waals surface area (Å²) in [6, 6.07) is 7.22. The number of halogens is 1. The van der Waals surface area contributed by atoms with E-state index in [1.54, 1.807) is 11.3 Å². The Hall–Kier alpha value is -2.05. The summed E-state index contributed by atoms with van der Waals surface area (Å²) >= 11 is 1.69. The van der Waals surface area contributed by atoms with Gasteiger partial charge in [-0.1, -0.05) is 12.1 Å². The van der Waals surface area contributed by atoms with Crippen molar-refractivity contribution in [2.24, 2.45) is 0 Å². The molecule has 0 N–H and O–H groups in total. The van der Waals surface area contributed by atoms with Gasteiger partial charge in [-0.25, -0.2) is 14.4 Å². The number of fused-ring (bicyclic) bond motifs is 1. The van der Waals surface area contributed by atoms with E-state index in [-0.39, 0.29) is 5.82 Å². The van der Waals surface area contributed by atoms with Crippen molar-refractivity contribution in [3.8, 4) is 11.1 Å². The first-order valence-corrected chi connectivity index (χ1v) is 10.2. The first-order valence-electron chi connectivity index (χ1n) is 9.39. The smallest absolute Gasteiger partial charge is 0.141 e. The highest BCUT2D eigenvalue weighted by Gasteiger charge is 2.26. The summed E-state index contributed by atoms with van der Waals surface area (Å²) in [5, 5.41) is 1.09. The molecule has 0 amide bonds. The molecule has 2 aromatic heterocycles. The second-order valence-corrected chi connectivity index (χ2v) is 8.66. The molecule has 3 heterocycles. The van der Waals surface area contributed by atoms with Gasteiger partial charge in [0.1, 0.15) is 22.3 Å². The second kappa shape index (κ2) is 7.17. The number of aromatic nitrogens is 2. The molecule has 3 aromatic rings. The SMILES string of the molecule is Cc1nc(N(C)C2CCN(C)CC2)c2c(-c3ccc(F)cc3)c(C)sc2n1. The van der Waals surface area contributed by atoms with Crippen molar-refractivity contribution in [1.29, 1.82) is 0 Å². The average molecular weight is 385 g/mol. The predicted octanol–water partition coefficient (Wildman–Crippen LogP) is 4.64. The maximum absolute atomic E-state index is 13.4. The van der Waals surface area contributed by atoms with Crippen molar-refractivity contribution in [2.45, 2.75) is 32.7 Å². The Bertz CT molecular complexity index is 958. The van der Waals surface area contributed by atoms with Gasteiger partial charge in [0, 0.05) is 23.5 Å². The van der Waals surface area contributed by atoms with Gasteiger partial charge in [-0.3, -0.25) is 0 Å². The van der Waals surface area contributed by atoms with E-state index < -0.39 is 0 Å². The molecule has 0 atom stereocenters. The third-order valence-electron chi connectivity index (χ3n) is 5.52. The summed E-state index contributed by atoms with van der Waals surface area (Å²) in [7, 11) is 4.33. The lowest BCUT2D eigenvalue weighted by Crippen LogP contribution is -2.42. The van der Waals surface area contributed by atoms with Crippen molar-refractivity contribution in [1.82, 2.24) is 14.9 Å². The molecule has 1 aromatic carbocycles. The standard InChI is InChI=1S/C21H25FN4S/c1-13-18(15-5-7-16(22)8-6-15)19-20(23-14(2)24-21(19)27-13)26(4)17-9-11-25(3)12-10-17/h5-8,17H,9-12H2,1-4H3. The Balaban J connectivity index is 1.85. The number of likely N-dealkylation sites (tertiary alicyclic amines) is 1. The van der Waals surface area contributed by atoms with E-state index >= 15 is 0 Å². The number of hydrogen-bond donors (Lipinski definition) is 0. The number of thiophene rings is 1. The lowest BCUT2D eigenvalue weighted by molar-refractivity contribution is 0.252. The van der Waals surface area contributed by atoms with Gasteiger partial charge in [-0.2, -0.15) is 0 Å². The Kier molecular flexibility index (Phi) is 4.86. The van der Waals surface area contributed by atoms with Crippen LogP contribution in [-0.4, -0.2) is 48.1 Å². The quantitative estimate of drug-likeness (QED) is 0.658. The van der Waals surface area contributed by atoms with E-state index in [1.807, 2.05) is 19.1 Å². The number of piperidine rings is 1. The van der Waals surface area contributed by atoms with Crippen LogP contribution >= 0.6 is 11.3 Å². The Morgan fingerprint density at radius 2 is 1.78 bits per heavy atom. The van der Waals surface area contributed by atoms with Gasteiger partial charge >= 0.3 is 0 Å². The van der Waals surface area contributed by atoms with E-state index in [0.29, 0.717) is 6.04 Å². The van der Waals surface area contributed by atoms with Crippen LogP contribution in [-0.2, 0) is 0 Å². The number of nitrogens with zero attached hydrogens (tertiary/aromatic N) is 4. The summed E-state index contributed by atoms with van der Waals surface area (Å²) in [5.74, 6) is 1.58. The number of hydrogen-bond acceptors (Lipinski definition) is 5. The number of rotatable bonds is 3. The van der Waals surface area contributed by atoms with E-state index in [4.69, 9.17) is 9.97 Å². The van der Waals surface area contributed by atoms with Crippen molar-refractivity contribution in [3.63, 3.8) is 0 Å². The predicted molar refractivity (Wildman–Crippen MR) is 111 cm³/mol. The first-order chi connectivity index (χ1) is 12.9. The summed E-state index contributed by atoms with van der Waals surface area (Å²) in [4.78, 5) is 16.5. The van der Waals surface area contributed by atoms with Gasteiger partial charge in [0.05, 0.1) is 5.39 Å². The molecule has 1 saturated heterocycles. The van der Waals surface area contributed by atoms with Crippen LogP contribution in [0.5, 0.6) is 0 Å². The number of aryl methyl sites for hydroxylation is 2. The minimum atomic E-state index is -0.216. The normalized spacial score (nSPS) is 16.2. The highest BCUT2D eigenvalue weighted by molar-refractivity contribution is 7.19. The molecule has 1 fully saturated rings. The third kappa shape index (κ3) is 3.44. The fraction of sp³-hybridized carbons (Fsp3) is 0.429. The first kappa shape index (κ1) is 18.3. The van der Waals surface area contributed by atoms with Crippen LogP contribution in [0.3, 0.4) is 0 Å². The van der Waals surface area contributed by atoms with E-state index in [0.717, 1.165) is 58.9 Å². The maximum Gasteiger partial charge on any atom is 0.141 e. The molecule has 1 aliphatic rings. The molecule has 0 unspecified atom stereocenters. The second-order valence-electron chi connectivity index (χ2n) is 7.46. The molecule has 1 aliphatic heterocycles. The Morgan fingerprint density at radius 3 is 2.44 bits per heavy atom. The van der Waals surface area contributed by atoms with Gasteiger partial charge in [-0.15, -0.1) is 11.3 Å². The summed E-state index contributed by atoms with van der Waals surface area (Å²) in [5.41, 5.74) is 2.15. The van der Waals surface area contributed by atoms with Gasteiger partial charge in [0.15, 0.2) is 0 Å². The van der Waals surface area contributed by atoms with E-state index in [9.17, 15) is 4.39 Å². The zero-order valence-corrected chi connectivity index (χ0v) is 17.1. The largest absolute Gasteiger partial charge is 0.356 e. The molecule has 0 spiro atoms. The number of anilines is 1. The molecular weight excluding hydrogens is 359 g/mol. The summed E-state index contributed by atoms with van der Waals surface area (Å²) in [6.45, 7) is 6.28. The van der Waals surface area contributed by atoms with Crippen molar-refractivity contribution >= 4 is 27.4 Å². The van der Waals surface area contributed by atoms with Crippen molar-refractivity contribution in [2.75, 3.05) is 32.1 Å². The minimum Gasteiger partial charge on any atom is -0.356 e. The molecule has 4 nitrogen and oxygen atoms in total. The molecular formula is C21H25FN4S. The third-order valence-corrected chi connectivity index (χ3v) is 6.52. The van der Waals surface area contributed by atoms with Crippen LogP contribution in [0.4, 0.5) is 10.2 Å². The zero-order valence-electron chi connectivity index (χ0n) is 16.3. The molecule has 0 bridgehead atoms. The average Bonchev–Trinajstić information content (AvgIpc) is 2.97. The monoisotopic (exact) mass is 384 g/mol. The molecule has 4 rings (SSSR count). The maximum atomic E-state index is 13.4. The Labute approximate surface area is 163 Å². The molecule has 0 aliphatic carbocycles. The zero-order chi connectivity index (χ0) is 19.1. The lowest BCUT2D eigenvalue weighted by Gasteiger charge is -2.36. The van der Waals surface area contributed by atoms with Crippen molar-refractivity contribution < 1.29 is 4.39 Å². The van der Waals surface area contributed by atoms with Gasteiger partial charge in [0.2, 0.25) is 0 Å². The highest BCUT2D eigenvalue weighted by Crippen LogP contribution is 2.42. The molecule has 142 valence electrons. The fourth-order valence-electron chi connectivity index (χ4n) is 3.97. The van der Waals surface area contributed by atoms with E-state index in [2.05, 4.69) is 30.8 Å². The molecule has 27 heavy (non-hydrogen) atoms. The summed E-state index contributed by atoms with van der Waals surface area (Å²) < 4.78 is 13.4. The van der Waals surface area contributed by atoms with Gasteiger partial charge < -0.3 is 9.80 Å². The van der Waals surface area contributed by atoms with Crippen LogP contribution in [0, 0.1) is 19.7 Å².